The highest BCUT2D eigenvalue weighted by atomic mass is 16.2. The summed E-state index contributed by atoms with van der Waals surface area (Å²) in [5, 5.41) is 2.82. The first-order valence-corrected chi connectivity index (χ1v) is 7.18. The van der Waals surface area contributed by atoms with Gasteiger partial charge >= 0.3 is 0 Å². The Labute approximate surface area is 119 Å². The molecule has 2 amide bonds. The van der Waals surface area contributed by atoms with E-state index in [1.807, 2.05) is 32.0 Å². The highest BCUT2D eigenvalue weighted by molar-refractivity contribution is 5.96. The van der Waals surface area contributed by atoms with Gasteiger partial charge in [-0.3, -0.25) is 14.6 Å². The lowest BCUT2D eigenvalue weighted by atomic mass is 10.0. The van der Waals surface area contributed by atoms with Gasteiger partial charge in [0.25, 0.3) is 0 Å². The predicted molar refractivity (Wildman–Crippen MR) is 75.7 cm³/mol. The number of carbonyl (C=O) groups is 2. The van der Waals surface area contributed by atoms with Crippen LogP contribution in [0.1, 0.15) is 38.8 Å². The number of amides is 2. The van der Waals surface area contributed by atoms with E-state index in [1.165, 1.54) is 0 Å². The summed E-state index contributed by atoms with van der Waals surface area (Å²) < 4.78 is 0. The molecule has 0 aliphatic carbocycles. The van der Waals surface area contributed by atoms with E-state index in [0.29, 0.717) is 19.4 Å². The zero-order chi connectivity index (χ0) is 14.5. The lowest BCUT2D eigenvalue weighted by molar-refractivity contribution is -0.150. The number of carbonyl (C=O) groups excluding carboxylic acids is 2. The standard InChI is InChI=1S/C15H21N3O2/c1-3-7-13-14(19)17-12(4-2)15(20)18(13)10-11-8-5-6-9-16-11/h5-6,8-9,12-13H,3-4,7,10H2,1-2H3,(H,17,19). The van der Waals surface area contributed by atoms with Crippen LogP contribution >= 0.6 is 0 Å². The molecule has 1 saturated heterocycles. The smallest absolute Gasteiger partial charge is 0.246 e. The van der Waals surface area contributed by atoms with Crippen molar-refractivity contribution in [1.29, 1.82) is 0 Å². The summed E-state index contributed by atoms with van der Waals surface area (Å²) in [6, 6.07) is 4.83. The van der Waals surface area contributed by atoms with Crippen LogP contribution in [0.4, 0.5) is 0 Å². The number of nitrogens with zero attached hydrogens (tertiary/aromatic N) is 2. The van der Waals surface area contributed by atoms with Crippen molar-refractivity contribution in [1.82, 2.24) is 15.2 Å². The number of hydrogen-bond donors (Lipinski definition) is 1. The highest BCUT2D eigenvalue weighted by Crippen LogP contribution is 2.18. The van der Waals surface area contributed by atoms with Gasteiger partial charge in [-0.2, -0.15) is 0 Å². The number of hydrogen-bond acceptors (Lipinski definition) is 3. The quantitative estimate of drug-likeness (QED) is 0.885. The summed E-state index contributed by atoms with van der Waals surface area (Å²) >= 11 is 0. The van der Waals surface area contributed by atoms with E-state index in [9.17, 15) is 9.59 Å². The van der Waals surface area contributed by atoms with Gasteiger partial charge in [-0.15, -0.1) is 0 Å². The van der Waals surface area contributed by atoms with Crippen LogP contribution < -0.4 is 5.32 Å². The van der Waals surface area contributed by atoms with Gasteiger partial charge in [0.1, 0.15) is 12.1 Å². The molecule has 1 aliphatic heterocycles. The fourth-order valence-electron chi connectivity index (χ4n) is 2.52. The Balaban J connectivity index is 2.22. The molecule has 1 aromatic rings. The summed E-state index contributed by atoms with van der Waals surface area (Å²) in [7, 11) is 0. The maximum absolute atomic E-state index is 12.5. The second kappa shape index (κ2) is 6.50. The molecule has 0 spiro atoms. The molecule has 5 heteroatoms. The lowest BCUT2D eigenvalue weighted by Crippen LogP contribution is -2.62. The maximum Gasteiger partial charge on any atom is 0.246 e. The minimum absolute atomic E-state index is 0.00352. The van der Waals surface area contributed by atoms with Gasteiger partial charge < -0.3 is 10.2 Å². The molecule has 1 aliphatic rings. The molecular formula is C15H21N3O2. The third kappa shape index (κ3) is 2.98. The maximum atomic E-state index is 12.5. The van der Waals surface area contributed by atoms with Crippen LogP contribution in [0.3, 0.4) is 0 Å². The first-order valence-electron chi connectivity index (χ1n) is 7.18. The molecule has 1 N–H and O–H groups in total. The SMILES string of the molecule is CCCC1C(=O)NC(CC)C(=O)N1Cc1ccccn1. The molecule has 20 heavy (non-hydrogen) atoms. The van der Waals surface area contributed by atoms with Crippen molar-refractivity contribution >= 4 is 11.8 Å². The molecule has 0 aromatic carbocycles. The van der Waals surface area contributed by atoms with Crippen molar-refractivity contribution in [2.45, 2.75) is 51.7 Å². The van der Waals surface area contributed by atoms with Crippen LogP contribution in [-0.2, 0) is 16.1 Å². The van der Waals surface area contributed by atoms with Crippen LogP contribution in [0.2, 0.25) is 0 Å². The third-order valence-electron chi connectivity index (χ3n) is 3.61. The molecule has 0 bridgehead atoms. The molecule has 2 heterocycles. The van der Waals surface area contributed by atoms with Crippen molar-refractivity contribution in [2.75, 3.05) is 0 Å². The van der Waals surface area contributed by atoms with E-state index in [-0.39, 0.29) is 17.9 Å². The third-order valence-corrected chi connectivity index (χ3v) is 3.61. The number of nitrogens with one attached hydrogen (secondary N) is 1. The normalized spacial score (nSPS) is 22.8. The fourth-order valence-corrected chi connectivity index (χ4v) is 2.52. The molecule has 1 aromatic heterocycles. The van der Waals surface area contributed by atoms with Gasteiger partial charge in [-0.25, -0.2) is 0 Å². The van der Waals surface area contributed by atoms with Gasteiger partial charge in [-0.05, 0) is 25.0 Å². The number of aromatic nitrogens is 1. The monoisotopic (exact) mass is 275 g/mol. The Kier molecular flexibility index (Phi) is 4.71. The van der Waals surface area contributed by atoms with Crippen LogP contribution in [0.15, 0.2) is 24.4 Å². The average Bonchev–Trinajstić information content (AvgIpc) is 2.47. The Morgan fingerprint density at radius 2 is 2.10 bits per heavy atom. The molecule has 0 saturated carbocycles. The topological polar surface area (TPSA) is 62.3 Å². The number of rotatable bonds is 5. The average molecular weight is 275 g/mol. The van der Waals surface area contributed by atoms with Crippen molar-refractivity contribution in [3.63, 3.8) is 0 Å². The lowest BCUT2D eigenvalue weighted by Gasteiger charge is -2.38. The predicted octanol–water partition coefficient (Wildman–Crippen LogP) is 1.49. The Hall–Kier alpha value is -1.91. The van der Waals surface area contributed by atoms with E-state index in [1.54, 1.807) is 11.1 Å². The van der Waals surface area contributed by atoms with Gasteiger partial charge in [0, 0.05) is 6.20 Å². The van der Waals surface area contributed by atoms with E-state index in [2.05, 4.69) is 10.3 Å². The second-order valence-corrected chi connectivity index (χ2v) is 5.06. The Morgan fingerprint density at radius 3 is 2.70 bits per heavy atom. The number of pyridine rings is 1. The van der Waals surface area contributed by atoms with Gasteiger partial charge in [-0.1, -0.05) is 26.3 Å². The van der Waals surface area contributed by atoms with E-state index < -0.39 is 6.04 Å². The summed E-state index contributed by atoms with van der Waals surface area (Å²) in [6.45, 7) is 4.32. The van der Waals surface area contributed by atoms with Gasteiger partial charge in [0.05, 0.1) is 12.2 Å². The van der Waals surface area contributed by atoms with Gasteiger partial charge in [0.2, 0.25) is 11.8 Å². The molecule has 2 atom stereocenters. The fraction of sp³-hybridized carbons (Fsp3) is 0.533. The second-order valence-electron chi connectivity index (χ2n) is 5.06. The van der Waals surface area contributed by atoms with Crippen molar-refractivity contribution in [2.24, 2.45) is 0 Å². The molecule has 1 fully saturated rings. The zero-order valence-electron chi connectivity index (χ0n) is 12.0. The van der Waals surface area contributed by atoms with Crippen molar-refractivity contribution in [3.8, 4) is 0 Å². The van der Waals surface area contributed by atoms with E-state index in [4.69, 9.17) is 0 Å². The van der Waals surface area contributed by atoms with E-state index in [0.717, 1.165) is 12.1 Å². The molecule has 2 unspecified atom stereocenters. The van der Waals surface area contributed by atoms with Crippen LogP contribution in [-0.4, -0.2) is 33.8 Å². The first kappa shape index (κ1) is 14.5. The summed E-state index contributed by atoms with van der Waals surface area (Å²) in [5.74, 6) is -0.0505. The minimum Gasteiger partial charge on any atom is -0.343 e. The van der Waals surface area contributed by atoms with Crippen molar-refractivity contribution in [3.05, 3.63) is 30.1 Å². The highest BCUT2D eigenvalue weighted by Gasteiger charge is 2.39. The molecule has 2 rings (SSSR count). The minimum atomic E-state index is -0.403. The first-order chi connectivity index (χ1) is 9.67. The zero-order valence-corrected chi connectivity index (χ0v) is 12.0. The Bertz CT molecular complexity index is 475. The summed E-state index contributed by atoms with van der Waals surface area (Å²) in [5.41, 5.74) is 0.812. The summed E-state index contributed by atoms with van der Waals surface area (Å²) in [6.07, 6.45) is 3.86. The molecular weight excluding hydrogens is 254 g/mol. The summed E-state index contributed by atoms with van der Waals surface area (Å²) in [4.78, 5) is 30.6. The Morgan fingerprint density at radius 1 is 1.30 bits per heavy atom. The molecule has 108 valence electrons. The largest absolute Gasteiger partial charge is 0.343 e. The van der Waals surface area contributed by atoms with Crippen molar-refractivity contribution < 1.29 is 9.59 Å². The molecule has 5 nitrogen and oxygen atoms in total. The number of piperazine rings is 1. The van der Waals surface area contributed by atoms with Gasteiger partial charge in [0.15, 0.2) is 0 Å². The van der Waals surface area contributed by atoms with Crippen LogP contribution in [0, 0.1) is 0 Å². The van der Waals surface area contributed by atoms with Crippen LogP contribution in [0.5, 0.6) is 0 Å². The van der Waals surface area contributed by atoms with E-state index >= 15 is 0 Å². The molecule has 0 radical (unpaired) electrons. The van der Waals surface area contributed by atoms with Crippen LogP contribution in [0.25, 0.3) is 0 Å².